The highest BCUT2D eigenvalue weighted by atomic mass is 16.3. The Morgan fingerprint density at radius 3 is 2.95 bits per heavy atom. The largest absolute Gasteiger partial charge is 0.376 e. The number of hydrogen-bond donors (Lipinski definition) is 2. The number of fused-ring (bicyclic) bond motifs is 1. The lowest BCUT2D eigenvalue weighted by atomic mass is 9.98. The van der Waals surface area contributed by atoms with Crippen LogP contribution in [0, 0.1) is 11.8 Å². The average molecular weight is 300 g/mol. The molecule has 0 spiro atoms. The zero-order chi connectivity index (χ0) is 16.0. The van der Waals surface area contributed by atoms with E-state index in [9.17, 15) is 5.11 Å². The van der Waals surface area contributed by atoms with Crippen LogP contribution in [0.25, 0.3) is 11.0 Å². The topological polar surface area (TPSA) is 63.0 Å². The molecule has 0 aliphatic rings. The molecule has 5 heteroatoms. The summed E-state index contributed by atoms with van der Waals surface area (Å²) in [7, 11) is 0. The number of aromatic nitrogens is 3. The van der Waals surface area contributed by atoms with E-state index < -0.39 is 5.60 Å². The second-order valence-corrected chi connectivity index (χ2v) is 5.71. The SMILES string of the molecule is CCCCNC(C)C(C)(O)C#CCn1nnc2ccccc21. The molecule has 1 heterocycles. The highest BCUT2D eigenvalue weighted by Gasteiger charge is 2.25. The van der Waals surface area contributed by atoms with Crippen LogP contribution in [0.3, 0.4) is 0 Å². The maximum Gasteiger partial charge on any atom is 0.137 e. The maximum atomic E-state index is 10.4. The summed E-state index contributed by atoms with van der Waals surface area (Å²) in [6.45, 7) is 7.15. The molecule has 0 saturated heterocycles. The molecule has 0 bridgehead atoms. The summed E-state index contributed by atoms with van der Waals surface area (Å²) in [5, 5.41) is 21.9. The van der Waals surface area contributed by atoms with Gasteiger partial charge in [-0.05, 0) is 38.9 Å². The first-order chi connectivity index (χ1) is 10.5. The van der Waals surface area contributed by atoms with Crippen LogP contribution in [-0.4, -0.2) is 38.3 Å². The van der Waals surface area contributed by atoms with E-state index >= 15 is 0 Å². The molecule has 0 fully saturated rings. The van der Waals surface area contributed by atoms with Crippen LogP contribution in [0.15, 0.2) is 24.3 Å². The van der Waals surface area contributed by atoms with E-state index in [1.54, 1.807) is 11.6 Å². The van der Waals surface area contributed by atoms with Crippen molar-refractivity contribution in [2.75, 3.05) is 6.54 Å². The molecule has 2 N–H and O–H groups in total. The molecular formula is C17H24N4O. The van der Waals surface area contributed by atoms with Crippen LogP contribution in [-0.2, 0) is 6.54 Å². The van der Waals surface area contributed by atoms with Gasteiger partial charge in [0.05, 0.1) is 5.52 Å². The predicted molar refractivity (Wildman–Crippen MR) is 88.3 cm³/mol. The fraction of sp³-hybridized carbons (Fsp3) is 0.529. The first kappa shape index (κ1) is 16.5. The first-order valence-electron chi connectivity index (χ1n) is 7.78. The maximum absolute atomic E-state index is 10.4. The third-order valence-corrected chi connectivity index (χ3v) is 3.81. The fourth-order valence-corrected chi connectivity index (χ4v) is 2.13. The second-order valence-electron chi connectivity index (χ2n) is 5.71. The molecule has 0 radical (unpaired) electrons. The smallest absolute Gasteiger partial charge is 0.137 e. The van der Waals surface area contributed by atoms with Crippen LogP contribution in [0.2, 0.25) is 0 Å². The van der Waals surface area contributed by atoms with E-state index in [1.807, 2.05) is 31.2 Å². The second kappa shape index (κ2) is 7.39. The van der Waals surface area contributed by atoms with Gasteiger partial charge in [0.15, 0.2) is 0 Å². The lowest BCUT2D eigenvalue weighted by molar-refractivity contribution is 0.0833. The van der Waals surface area contributed by atoms with Gasteiger partial charge < -0.3 is 10.4 Å². The first-order valence-corrected chi connectivity index (χ1v) is 7.78. The van der Waals surface area contributed by atoms with Gasteiger partial charge in [0.1, 0.15) is 17.7 Å². The standard InChI is InChI=1S/C17H24N4O/c1-4-5-12-18-14(2)17(3,22)11-8-13-21-16-10-7-6-9-15(16)19-20-21/h6-7,9-10,14,18,22H,4-5,12-13H2,1-3H3. The Labute approximate surface area is 131 Å². The Bertz CT molecular complexity index is 666. The van der Waals surface area contributed by atoms with Crippen molar-refractivity contribution in [3.05, 3.63) is 24.3 Å². The molecule has 2 aromatic rings. The van der Waals surface area contributed by atoms with Gasteiger partial charge in [0, 0.05) is 6.04 Å². The summed E-state index contributed by atoms with van der Waals surface area (Å²) in [6.07, 6.45) is 2.23. The van der Waals surface area contributed by atoms with Gasteiger partial charge in [-0.2, -0.15) is 0 Å². The molecular weight excluding hydrogens is 276 g/mol. The van der Waals surface area contributed by atoms with Gasteiger partial charge in [0.2, 0.25) is 0 Å². The molecule has 0 aliphatic heterocycles. The van der Waals surface area contributed by atoms with E-state index in [1.165, 1.54) is 0 Å². The Kier molecular flexibility index (Phi) is 5.53. The summed E-state index contributed by atoms with van der Waals surface area (Å²) in [5.74, 6) is 5.96. The minimum Gasteiger partial charge on any atom is -0.376 e. The van der Waals surface area contributed by atoms with Crippen molar-refractivity contribution in [2.24, 2.45) is 0 Å². The molecule has 2 atom stereocenters. The van der Waals surface area contributed by atoms with Gasteiger partial charge in [-0.15, -0.1) is 5.10 Å². The lowest BCUT2D eigenvalue weighted by Crippen LogP contribution is -2.46. The van der Waals surface area contributed by atoms with Crippen LogP contribution in [0.1, 0.15) is 33.6 Å². The minimum atomic E-state index is -1.07. The number of unbranched alkanes of at least 4 members (excludes halogenated alkanes) is 1. The summed E-state index contributed by atoms with van der Waals surface area (Å²) in [6, 6.07) is 7.68. The van der Waals surface area contributed by atoms with Gasteiger partial charge >= 0.3 is 0 Å². The van der Waals surface area contributed by atoms with E-state index in [4.69, 9.17) is 0 Å². The summed E-state index contributed by atoms with van der Waals surface area (Å²) < 4.78 is 1.74. The van der Waals surface area contributed by atoms with Crippen molar-refractivity contribution >= 4 is 11.0 Å². The number of aliphatic hydroxyl groups is 1. The van der Waals surface area contributed by atoms with Gasteiger partial charge in [-0.3, -0.25) is 0 Å². The molecule has 0 amide bonds. The van der Waals surface area contributed by atoms with E-state index in [0.717, 1.165) is 30.4 Å². The Morgan fingerprint density at radius 1 is 1.41 bits per heavy atom. The number of nitrogens with zero attached hydrogens (tertiary/aromatic N) is 3. The molecule has 0 saturated carbocycles. The van der Waals surface area contributed by atoms with Crippen molar-refractivity contribution in [1.82, 2.24) is 20.3 Å². The van der Waals surface area contributed by atoms with Crippen molar-refractivity contribution < 1.29 is 5.11 Å². The third-order valence-electron chi connectivity index (χ3n) is 3.81. The quantitative estimate of drug-likeness (QED) is 0.632. The van der Waals surface area contributed by atoms with Crippen molar-refractivity contribution in [1.29, 1.82) is 0 Å². The van der Waals surface area contributed by atoms with Crippen LogP contribution in [0.4, 0.5) is 0 Å². The zero-order valence-corrected chi connectivity index (χ0v) is 13.5. The Morgan fingerprint density at radius 2 is 2.18 bits per heavy atom. The average Bonchev–Trinajstić information content (AvgIpc) is 2.91. The summed E-state index contributed by atoms with van der Waals surface area (Å²) in [5.41, 5.74) is 0.737. The Balaban J connectivity index is 2.00. The van der Waals surface area contributed by atoms with Crippen LogP contribution >= 0.6 is 0 Å². The highest BCUT2D eigenvalue weighted by molar-refractivity contribution is 5.73. The molecule has 2 rings (SSSR count). The molecule has 0 aliphatic carbocycles. The number of nitrogens with one attached hydrogen (secondary N) is 1. The van der Waals surface area contributed by atoms with Gasteiger partial charge in [0.25, 0.3) is 0 Å². The number of hydrogen-bond acceptors (Lipinski definition) is 4. The molecule has 1 aromatic heterocycles. The van der Waals surface area contributed by atoms with Gasteiger partial charge in [-0.1, -0.05) is 42.5 Å². The summed E-state index contributed by atoms with van der Waals surface area (Å²) in [4.78, 5) is 0. The monoisotopic (exact) mass is 300 g/mol. The van der Waals surface area contributed by atoms with Crippen LogP contribution in [0.5, 0.6) is 0 Å². The van der Waals surface area contributed by atoms with Crippen molar-refractivity contribution in [2.45, 2.75) is 51.8 Å². The number of rotatable bonds is 6. The number of para-hydroxylation sites is 1. The zero-order valence-electron chi connectivity index (χ0n) is 13.5. The Hall–Kier alpha value is -1.90. The number of benzene rings is 1. The van der Waals surface area contributed by atoms with Crippen molar-refractivity contribution in [3.63, 3.8) is 0 Å². The van der Waals surface area contributed by atoms with Crippen LogP contribution < -0.4 is 5.32 Å². The summed E-state index contributed by atoms with van der Waals surface area (Å²) >= 11 is 0. The normalized spacial score (nSPS) is 15.1. The highest BCUT2D eigenvalue weighted by Crippen LogP contribution is 2.10. The van der Waals surface area contributed by atoms with E-state index in [0.29, 0.717) is 6.54 Å². The van der Waals surface area contributed by atoms with Crippen molar-refractivity contribution in [3.8, 4) is 11.8 Å². The lowest BCUT2D eigenvalue weighted by Gasteiger charge is -2.26. The van der Waals surface area contributed by atoms with E-state index in [-0.39, 0.29) is 6.04 Å². The predicted octanol–water partition coefficient (Wildman–Crippen LogP) is 1.96. The van der Waals surface area contributed by atoms with E-state index in [2.05, 4.69) is 34.4 Å². The molecule has 118 valence electrons. The molecule has 1 aromatic carbocycles. The minimum absolute atomic E-state index is 0.0842. The third kappa shape index (κ3) is 4.06. The molecule has 2 unspecified atom stereocenters. The fourth-order valence-electron chi connectivity index (χ4n) is 2.13. The molecule has 22 heavy (non-hydrogen) atoms. The van der Waals surface area contributed by atoms with Gasteiger partial charge in [-0.25, -0.2) is 4.68 Å². The molecule has 5 nitrogen and oxygen atoms in total.